The smallest absolute Gasteiger partial charge is 0.303 e. The third kappa shape index (κ3) is 5.59. The number of hydrogen-bond donors (Lipinski definition) is 1. The van der Waals surface area contributed by atoms with E-state index in [0.29, 0.717) is 0 Å². The van der Waals surface area contributed by atoms with Crippen molar-refractivity contribution in [3.8, 4) is 0 Å². The molecule has 1 N–H and O–H groups in total. The molecule has 1 aromatic rings. The molecule has 0 unspecified atom stereocenters. The van der Waals surface area contributed by atoms with Crippen LogP contribution in [0.25, 0.3) is 0 Å². The zero-order valence-corrected chi connectivity index (χ0v) is 8.74. The number of halogens is 1. The molecule has 0 aliphatic carbocycles. The van der Waals surface area contributed by atoms with Crippen molar-refractivity contribution >= 4 is 18.4 Å². The number of aliphatic carboxylic acids is 1. The third-order valence-electron chi connectivity index (χ3n) is 1.87. The first-order valence-electron chi connectivity index (χ1n) is 4.46. The molecule has 0 atom stereocenters. The van der Waals surface area contributed by atoms with Crippen molar-refractivity contribution in [2.75, 3.05) is 0 Å². The summed E-state index contributed by atoms with van der Waals surface area (Å²) < 4.78 is 2.00. The van der Waals surface area contributed by atoms with Gasteiger partial charge in [-0.25, -0.2) is 4.98 Å². The molecular weight excluding hydrogens is 204 g/mol. The van der Waals surface area contributed by atoms with Crippen LogP contribution in [0.5, 0.6) is 0 Å². The maximum atomic E-state index is 10.2. The fourth-order valence-electron chi connectivity index (χ4n) is 1.17. The molecule has 1 heterocycles. The highest BCUT2D eigenvalue weighted by atomic mass is 35.5. The number of nitrogens with zero attached hydrogens (tertiary/aromatic N) is 2. The van der Waals surface area contributed by atoms with Crippen LogP contribution in [0.1, 0.15) is 25.7 Å². The Kier molecular flexibility index (Phi) is 6.84. The van der Waals surface area contributed by atoms with Gasteiger partial charge in [0.05, 0.1) is 6.33 Å². The summed E-state index contributed by atoms with van der Waals surface area (Å²) in [4.78, 5) is 14.1. The predicted octanol–water partition coefficient (Wildman–Crippen LogP) is 1.95. The molecular formula is C9H15ClN2O2. The van der Waals surface area contributed by atoms with Crippen LogP contribution in [-0.4, -0.2) is 20.6 Å². The van der Waals surface area contributed by atoms with E-state index in [1.165, 1.54) is 0 Å². The standard InChI is InChI=1S/C9H14N2O2.ClH/c12-9(13)4-2-1-3-6-11-7-5-10-8-11;/h5,7-8H,1-4,6H2,(H,12,13);1H. The van der Waals surface area contributed by atoms with Crippen LogP contribution >= 0.6 is 12.4 Å². The summed E-state index contributed by atoms with van der Waals surface area (Å²) in [6, 6.07) is 0. The van der Waals surface area contributed by atoms with Gasteiger partial charge < -0.3 is 9.67 Å². The topological polar surface area (TPSA) is 55.1 Å². The lowest BCUT2D eigenvalue weighted by molar-refractivity contribution is -0.137. The first kappa shape index (κ1) is 13.0. The summed E-state index contributed by atoms with van der Waals surface area (Å²) >= 11 is 0. The number of aromatic nitrogens is 2. The molecule has 0 saturated carbocycles. The highest BCUT2D eigenvalue weighted by molar-refractivity contribution is 5.85. The van der Waals surface area contributed by atoms with Crippen molar-refractivity contribution in [2.45, 2.75) is 32.2 Å². The van der Waals surface area contributed by atoms with Crippen LogP contribution < -0.4 is 0 Å². The summed E-state index contributed by atoms with van der Waals surface area (Å²) in [7, 11) is 0. The van der Waals surface area contributed by atoms with Gasteiger partial charge in [-0.3, -0.25) is 4.79 Å². The Morgan fingerprint density at radius 1 is 1.36 bits per heavy atom. The zero-order chi connectivity index (χ0) is 9.52. The molecule has 1 rings (SSSR count). The molecule has 1 aromatic heterocycles. The molecule has 0 spiro atoms. The number of hydrogen-bond acceptors (Lipinski definition) is 2. The molecule has 0 radical (unpaired) electrons. The van der Waals surface area contributed by atoms with E-state index in [9.17, 15) is 4.79 Å². The summed E-state index contributed by atoms with van der Waals surface area (Å²) in [5.74, 6) is -0.706. The summed E-state index contributed by atoms with van der Waals surface area (Å²) in [6.45, 7) is 0.930. The van der Waals surface area contributed by atoms with Crippen molar-refractivity contribution in [1.82, 2.24) is 9.55 Å². The lowest BCUT2D eigenvalue weighted by Gasteiger charge is -2.00. The minimum atomic E-state index is -0.706. The molecule has 0 aliphatic rings. The molecule has 4 nitrogen and oxygen atoms in total. The van der Waals surface area contributed by atoms with Gasteiger partial charge in [0.15, 0.2) is 0 Å². The lowest BCUT2D eigenvalue weighted by Crippen LogP contribution is -1.97. The lowest BCUT2D eigenvalue weighted by atomic mass is 10.2. The van der Waals surface area contributed by atoms with Crippen molar-refractivity contribution in [3.63, 3.8) is 0 Å². The zero-order valence-electron chi connectivity index (χ0n) is 7.93. The van der Waals surface area contributed by atoms with E-state index in [1.807, 2.05) is 10.8 Å². The van der Waals surface area contributed by atoms with Crippen molar-refractivity contribution in [1.29, 1.82) is 0 Å². The van der Waals surface area contributed by atoms with Crippen LogP contribution in [0, 0.1) is 0 Å². The first-order valence-corrected chi connectivity index (χ1v) is 4.46. The molecule has 0 fully saturated rings. The molecule has 0 aromatic carbocycles. The summed E-state index contributed by atoms with van der Waals surface area (Å²) in [5, 5.41) is 8.38. The minimum absolute atomic E-state index is 0. The Labute approximate surface area is 89.4 Å². The molecule has 0 amide bonds. The number of rotatable bonds is 6. The van der Waals surface area contributed by atoms with Gasteiger partial charge in [0.1, 0.15) is 0 Å². The first-order chi connectivity index (χ1) is 6.29. The fraction of sp³-hybridized carbons (Fsp3) is 0.556. The monoisotopic (exact) mass is 218 g/mol. The quantitative estimate of drug-likeness (QED) is 0.743. The minimum Gasteiger partial charge on any atom is -0.481 e. The van der Waals surface area contributed by atoms with E-state index in [0.717, 1.165) is 25.8 Å². The molecule has 0 aliphatic heterocycles. The number of aryl methyl sites for hydroxylation is 1. The SMILES string of the molecule is Cl.O=C(O)CCCCCn1ccnc1. The van der Waals surface area contributed by atoms with Gasteiger partial charge in [-0.2, -0.15) is 0 Å². The summed E-state index contributed by atoms with van der Waals surface area (Å²) in [6.07, 6.45) is 8.47. The Morgan fingerprint density at radius 2 is 2.14 bits per heavy atom. The van der Waals surface area contributed by atoms with Gasteiger partial charge in [-0.15, -0.1) is 12.4 Å². The number of carbonyl (C=O) groups is 1. The van der Waals surface area contributed by atoms with Crippen molar-refractivity contribution < 1.29 is 9.90 Å². The Morgan fingerprint density at radius 3 is 2.71 bits per heavy atom. The van der Waals surface area contributed by atoms with Crippen LogP contribution in [0.15, 0.2) is 18.7 Å². The Hall–Kier alpha value is -1.03. The van der Waals surface area contributed by atoms with Gasteiger partial charge in [-0.1, -0.05) is 6.42 Å². The largest absolute Gasteiger partial charge is 0.481 e. The average molecular weight is 219 g/mol. The number of carboxylic acids is 1. The number of carboxylic acid groups (broad SMARTS) is 1. The van der Waals surface area contributed by atoms with Gasteiger partial charge in [0, 0.05) is 25.4 Å². The fourth-order valence-corrected chi connectivity index (χ4v) is 1.17. The van der Waals surface area contributed by atoms with E-state index in [1.54, 1.807) is 12.5 Å². The van der Waals surface area contributed by atoms with Crippen molar-refractivity contribution in [3.05, 3.63) is 18.7 Å². The Balaban J connectivity index is 0.00000169. The second-order valence-corrected chi connectivity index (χ2v) is 3.00. The number of unbranched alkanes of at least 4 members (excludes halogenated alkanes) is 2. The second-order valence-electron chi connectivity index (χ2n) is 3.00. The predicted molar refractivity (Wildman–Crippen MR) is 55.6 cm³/mol. The van der Waals surface area contributed by atoms with E-state index < -0.39 is 5.97 Å². The molecule has 80 valence electrons. The molecule has 14 heavy (non-hydrogen) atoms. The van der Waals surface area contributed by atoms with Gasteiger partial charge in [0.25, 0.3) is 0 Å². The molecule has 5 heteroatoms. The van der Waals surface area contributed by atoms with E-state index in [4.69, 9.17) is 5.11 Å². The van der Waals surface area contributed by atoms with Crippen molar-refractivity contribution in [2.24, 2.45) is 0 Å². The summed E-state index contributed by atoms with van der Waals surface area (Å²) in [5.41, 5.74) is 0. The molecule has 0 bridgehead atoms. The van der Waals surface area contributed by atoms with Gasteiger partial charge >= 0.3 is 5.97 Å². The van der Waals surface area contributed by atoms with Crippen LogP contribution in [0.4, 0.5) is 0 Å². The Bertz CT molecular complexity index is 249. The van der Waals surface area contributed by atoms with Gasteiger partial charge in [0.2, 0.25) is 0 Å². The van der Waals surface area contributed by atoms with Crippen LogP contribution in [0.3, 0.4) is 0 Å². The average Bonchev–Trinajstić information content (AvgIpc) is 2.55. The maximum Gasteiger partial charge on any atom is 0.303 e. The second kappa shape index (κ2) is 7.38. The third-order valence-corrected chi connectivity index (χ3v) is 1.87. The van der Waals surface area contributed by atoms with E-state index in [2.05, 4.69) is 4.98 Å². The molecule has 0 saturated heterocycles. The normalized spacial score (nSPS) is 9.43. The van der Waals surface area contributed by atoms with Crippen LogP contribution in [0.2, 0.25) is 0 Å². The van der Waals surface area contributed by atoms with E-state index in [-0.39, 0.29) is 18.8 Å². The van der Waals surface area contributed by atoms with Crippen LogP contribution in [-0.2, 0) is 11.3 Å². The maximum absolute atomic E-state index is 10.2. The number of imidazole rings is 1. The highest BCUT2D eigenvalue weighted by Gasteiger charge is 1.96. The van der Waals surface area contributed by atoms with E-state index >= 15 is 0 Å². The van der Waals surface area contributed by atoms with Gasteiger partial charge in [-0.05, 0) is 12.8 Å². The highest BCUT2D eigenvalue weighted by Crippen LogP contribution is 2.01.